The summed E-state index contributed by atoms with van der Waals surface area (Å²) < 4.78 is 7.71. The summed E-state index contributed by atoms with van der Waals surface area (Å²) in [4.78, 5) is 11.3. The number of fused-ring (bicyclic) bond motifs is 5. The summed E-state index contributed by atoms with van der Waals surface area (Å²) in [6.45, 7) is 14.9. The van der Waals surface area contributed by atoms with Crippen LogP contribution < -0.4 is 10.4 Å². The van der Waals surface area contributed by atoms with Gasteiger partial charge in [0.05, 0.1) is 0 Å². The van der Waals surface area contributed by atoms with Gasteiger partial charge in [0.25, 0.3) is 8.32 Å². The fourth-order valence-corrected chi connectivity index (χ4v) is 16.5. The van der Waals surface area contributed by atoms with Gasteiger partial charge in [0.1, 0.15) is 0 Å². The molecule has 4 saturated carbocycles. The highest BCUT2D eigenvalue weighted by molar-refractivity contribution is 6.99. The van der Waals surface area contributed by atoms with Crippen LogP contribution in [0.15, 0.2) is 60.7 Å². The molecule has 4 aliphatic carbocycles. The zero-order valence-electron chi connectivity index (χ0n) is 28.4. The van der Waals surface area contributed by atoms with Crippen LogP contribution in [0.3, 0.4) is 0 Å². The number of carboxylic acid groups (broad SMARTS) is 1. The molecule has 0 aromatic heterocycles. The predicted molar refractivity (Wildman–Crippen MR) is 184 cm³/mol. The van der Waals surface area contributed by atoms with E-state index in [1.165, 1.54) is 68.2 Å². The van der Waals surface area contributed by atoms with Crippen molar-refractivity contribution in [2.45, 2.75) is 123 Å². The molecule has 4 fully saturated rings. The lowest BCUT2D eigenvalue weighted by Gasteiger charge is -2.62. The fourth-order valence-electron chi connectivity index (χ4n) is 11.8. The molecule has 0 amide bonds. The average Bonchev–Trinajstić information content (AvgIpc) is 3.36. The van der Waals surface area contributed by atoms with E-state index >= 15 is 0 Å². The van der Waals surface area contributed by atoms with Crippen molar-refractivity contribution in [1.82, 2.24) is 0 Å². The zero-order chi connectivity index (χ0) is 31.3. The van der Waals surface area contributed by atoms with Gasteiger partial charge in [-0.2, -0.15) is 0 Å². The van der Waals surface area contributed by atoms with Crippen molar-refractivity contribution in [3.8, 4) is 0 Å². The molecule has 0 radical (unpaired) electrons. The standard InChI is InChI=1S/C40H58O3Si/c1-28(17-22-37(41)42)34-20-21-35-33-19-18-29-27-30(23-25-39(29,5)36(33)24-26-40(34,35)6)43-44(38(2,3)4,31-13-9-7-10-14-31)32-15-11-8-12-16-32/h7-16,28-30,33-36H,17-27H2,1-6H3,(H,41,42)/t28-,29-,30-,33+,34-,35+,36+,39+,40-/m1/s1. The minimum absolute atomic E-state index is 0.0164. The molecule has 0 spiro atoms. The second-order valence-electron chi connectivity index (χ2n) is 17.0. The first-order valence-electron chi connectivity index (χ1n) is 17.9. The number of carboxylic acids is 1. The van der Waals surface area contributed by atoms with E-state index in [2.05, 4.69) is 102 Å². The molecule has 9 atom stereocenters. The van der Waals surface area contributed by atoms with Gasteiger partial charge >= 0.3 is 5.97 Å². The van der Waals surface area contributed by atoms with Gasteiger partial charge < -0.3 is 9.53 Å². The number of carbonyl (C=O) groups is 1. The number of hydrogen-bond donors (Lipinski definition) is 1. The van der Waals surface area contributed by atoms with E-state index in [1.54, 1.807) is 0 Å². The van der Waals surface area contributed by atoms with Gasteiger partial charge in [0.2, 0.25) is 0 Å². The molecule has 0 unspecified atom stereocenters. The Hall–Kier alpha value is -1.91. The van der Waals surface area contributed by atoms with E-state index in [0.29, 0.717) is 35.2 Å². The molecule has 0 heterocycles. The Morgan fingerprint density at radius 3 is 2.05 bits per heavy atom. The van der Waals surface area contributed by atoms with Crippen LogP contribution in [0.1, 0.15) is 112 Å². The van der Waals surface area contributed by atoms with Crippen LogP contribution in [0.25, 0.3) is 0 Å². The SMILES string of the molecule is C[C@H](CCC(=O)O)[C@H]1CC[C@H]2[C@@H]3CC[C@@H]4C[C@H](O[Si](c5ccccc5)(c5ccccc5)C(C)(C)C)CC[C@]4(C)[C@H]3CC[C@]12C. The van der Waals surface area contributed by atoms with E-state index in [4.69, 9.17) is 4.43 Å². The van der Waals surface area contributed by atoms with Crippen molar-refractivity contribution >= 4 is 24.7 Å². The van der Waals surface area contributed by atoms with E-state index in [9.17, 15) is 9.90 Å². The highest BCUT2D eigenvalue weighted by Crippen LogP contribution is 2.68. The van der Waals surface area contributed by atoms with Crippen LogP contribution in [0.4, 0.5) is 0 Å². The monoisotopic (exact) mass is 614 g/mol. The fraction of sp³-hybridized carbons (Fsp3) is 0.675. The number of hydrogen-bond acceptors (Lipinski definition) is 2. The van der Waals surface area contributed by atoms with Gasteiger partial charge in [0.15, 0.2) is 0 Å². The van der Waals surface area contributed by atoms with Gasteiger partial charge in [-0.15, -0.1) is 0 Å². The minimum Gasteiger partial charge on any atom is -0.481 e. The molecule has 0 saturated heterocycles. The van der Waals surface area contributed by atoms with E-state index in [1.807, 2.05) is 0 Å². The second-order valence-corrected chi connectivity index (χ2v) is 21.2. The Bertz CT molecular complexity index is 1250. The third kappa shape index (κ3) is 5.34. The summed E-state index contributed by atoms with van der Waals surface area (Å²) in [5, 5.41) is 12.1. The lowest BCUT2D eigenvalue weighted by Crippen LogP contribution is -2.68. The molecule has 2 aromatic rings. The first kappa shape index (κ1) is 32.0. The number of benzene rings is 2. The maximum absolute atomic E-state index is 11.3. The Kier molecular flexibility index (Phi) is 8.76. The zero-order valence-corrected chi connectivity index (χ0v) is 29.4. The normalized spacial score (nSPS) is 36.1. The Morgan fingerprint density at radius 2 is 1.45 bits per heavy atom. The highest BCUT2D eigenvalue weighted by atomic mass is 28.4. The van der Waals surface area contributed by atoms with Crippen LogP contribution in [-0.4, -0.2) is 25.5 Å². The van der Waals surface area contributed by atoms with Crippen LogP contribution in [0.2, 0.25) is 5.04 Å². The van der Waals surface area contributed by atoms with Crippen molar-refractivity contribution < 1.29 is 14.3 Å². The Balaban J connectivity index is 1.22. The average molecular weight is 615 g/mol. The lowest BCUT2D eigenvalue weighted by atomic mass is 9.44. The molecule has 3 nitrogen and oxygen atoms in total. The number of aliphatic carboxylic acids is 1. The summed E-state index contributed by atoms with van der Waals surface area (Å²) in [6, 6.07) is 22.4. The lowest BCUT2D eigenvalue weighted by molar-refractivity contribution is -0.138. The summed E-state index contributed by atoms with van der Waals surface area (Å²) in [5.41, 5.74) is 0.814. The minimum atomic E-state index is -2.55. The van der Waals surface area contributed by atoms with Gasteiger partial charge in [-0.3, -0.25) is 4.79 Å². The molecule has 240 valence electrons. The topological polar surface area (TPSA) is 46.5 Å². The van der Waals surface area contributed by atoms with E-state index in [0.717, 1.165) is 30.1 Å². The summed E-state index contributed by atoms with van der Waals surface area (Å²) in [6.07, 6.45) is 13.3. The van der Waals surface area contributed by atoms with E-state index in [-0.39, 0.29) is 5.04 Å². The third-order valence-electron chi connectivity index (χ3n) is 14.0. The van der Waals surface area contributed by atoms with Gasteiger partial charge in [-0.1, -0.05) is 102 Å². The predicted octanol–water partition coefficient (Wildman–Crippen LogP) is 9.09. The molecule has 0 aliphatic heterocycles. The van der Waals surface area contributed by atoms with Crippen LogP contribution in [-0.2, 0) is 9.22 Å². The van der Waals surface area contributed by atoms with Crippen LogP contribution >= 0.6 is 0 Å². The second kappa shape index (κ2) is 12.0. The van der Waals surface area contributed by atoms with E-state index < -0.39 is 14.3 Å². The largest absolute Gasteiger partial charge is 0.481 e. The number of rotatable bonds is 8. The maximum atomic E-state index is 11.3. The maximum Gasteiger partial charge on any atom is 0.303 e. The quantitative estimate of drug-likeness (QED) is 0.302. The third-order valence-corrected chi connectivity index (χ3v) is 19.0. The Labute approximate surface area is 268 Å². The van der Waals surface area contributed by atoms with Crippen molar-refractivity contribution in [2.24, 2.45) is 46.3 Å². The first-order chi connectivity index (χ1) is 20.9. The van der Waals surface area contributed by atoms with Gasteiger partial charge in [-0.05, 0) is 126 Å². The first-order valence-corrected chi connectivity index (χ1v) is 19.8. The summed E-state index contributed by atoms with van der Waals surface area (Å²) >= 11 is 0. The van der Waals surface area contributed by atoms with Crippen molar-refractivity contribution in [1.29, 1.82) is 0 Å². The Morgan fingerprint density at radius 1 is 0.864 bits per heavy atom. The van der Waals surface area contributed by atoms with Crippen molar-refractivity contribution in [2.75, 3.05) is 0 Å². The molecule has 4 aliphatic rings. The molecule has 2 aromatic carbocycles. The molecule has 44 heavy (non-hydrogen) atoms. The molecule has 6 rings (SSSR count). The summed E-state index contributed by atoms with van der Waals surface area (Å²) in [7, 11) is -2.55. The van der Waals surface area contributed by atoms with Crippen LogP contribution in [0, 0.1) is 46.3 Å². The summed E-state index contributed by atoms with van der Waals surface area (Å²) in [5.74, 6) is 3.81. The molecular formula is C40H58O3Si. The van der Waals surface area contributed by atoms with Crippen LogP contribution in [0.5, 0.6) is 0 Å². The molecule has 0 bridgehead atoms. The smallest absolute Gasteiger partial charge is 0.303 e. The van der Waals surface area contributed by atoms with Gasteiger partial charge in [-0.25, -0.2) is 0 Å². The highest BCUT2D eigenvalue weighted by Gasteiger charge is 2.61. The molecular weight excluding hydrogens is 557 g/mol. The van der Waals surface area contributed by atoms with Crippen molar-refractivity contribution in [3.63, 3.8) is 0 Å². The molecule has 1 N–H and O–H groups in total. The van der Waals surface area contributed by atoms with Gasteiger partial charge in [0, 0.05) is 12.5 Å². The molecule has 4 heteroatoms. The van der Waals surface area contributed by atoms with Crippen molar-refractivity contribution in [3.05, 3.63) is 60.7 Å².